The van der Waals surface area contributed by atoms with Crippen molar-refractivity contribution >= 4 is 39.9 Å². The first kappa shape index (κ1) is 22.0. The maximum Gasteiger partial charge on any atom is 0.234 e. The van der Waals surface area contributed by atoms with Crippen LogP contribution in [-0.2, 0) is 11.2 Å². The monoisotopic (exact) mass is 380 g/mol. The van der Waals surface area contributed by atoms with Crippen LogP contribution < -0.4 is 5.32 Å². The number of thioether (sulfide) groups is 1. The minimum Gasteiger partial charge on any atom is -0.358 e. The van der Waals surface area contributed by atoms with Gasteiger partial charge in [-0.1, -0.05) is 75.8 Å². The molecule has 0 spiro atoms. The molecule has 0 aliphatic carbocycles. The number of para-hydroxylation sites is 1. The fourth-order valence-corrected chi connectivity index (χ4v) is 3.64. The fourth-order valence-electron chi connectivity index (χ4n) is 2.59. The molecule has 0 aliphatic heterocycles. The van der Waals surface area contributed by atoms with Crippen LogP contribution in [0.5, 0.6) is 0 Å². The first-order chi connectivity index (χ1) is 12.0. The van der Waals surface area contributed by atoms with Crippen molar-refractivity contribution in [1.29, 1.82) is 0 Å². The van der Waals surface area contributed by atoms with Crippen LogP contribution in [0.3, 0.4) is 0 Å². The predicted octanol–water partition coefficient (Wildman–Crippen LogP) is 5.42. The average Bonchev–Trinajstić information content (AvgIpc) is 2.61. The van der Waals surface area contributed by atoms with Crippen molar-refractivity contribution < 1.29 is 4.79 Å². The van der Waals surface area contributed by atoms with Crippen molar-refractivity contribution in [3.63, 3.8) is 0 Å². The van der Waals surface area contributed by atoms with E-state index in [0.29, 0.717) is 5.75 Å². The number of aryl methyl sites for hydroxylation is 2. The van der Waals surface area contributed by atoms with E-state index >= 15 is 0 Å². The summed E-state index contributed by atoms with van der Waals surface area (Å²) in [5.74, 6) is 0.382. The average molecular weight is 381 g/mol. The molecule has 0 fully saturated rings. The van der Waals surface area contributed by atoms with E-state index < -0.39 is 0 Å². The van der Waals surface area contributed by atoms with Gasteiger partial charge in [-0.05, 0) is 37.3 Å². The second-order valence-corrected chi connectivity index (χ2v) is 7.87. The highest BCUT2D eigenvalue weighted by Crippen LogP contribution is 2.21. The minimum atomic E-state index is 0.0160. The Bertz CT molecular complexity index is 553. The Morgan fingerprint density at radius 3 is 2.36 bits per heavy atom. The normalized spacial score (nSPS) is 10.6. The molecule has 0 bridgehead atoms. The zero-order chi connectivity index (χ0) is 18.7. The second kappa shape index (κ2) is 12.3. The summed E-state index contributed by atoms with van der Waals surface area (Å²) in [5.41, 5.74) is 3.23. The SMILES string of the molecule is CCCCN(CCCC)C(=S)SCC(=O)Nc1c(C)cccc1CC. The maximum atomic E-state index is 12.4. The summed E-state index contributed by atoms with van der Waals surface area (Å²) >= 11 is 7.05. The number of hydrogen-bond donors (Lipinski definition) is 1. The minimum absolute atomic E-state index is 0.0160. The van der Waals surface area contributed by atoms with Gasteiger partial charge >= 0.3 is 0 Å². The first-order valence-electron chi connectivity index (χ1n) is 9.33. The van der Waals surface area contributed by atoms with Crippen LogP contribution in [0.15, 0.2) is 18.2 Å². The van der Waals surface area contributed by atoms with Crippen molar-refractivity contribution in [1.82, 2.24) is 4.90 Å². The van der Waals surface area contributed by atoms with E-state index in [1.54, 1.807) is 0 Å². The van der Waals surface area contributed by atoms with Crippen LogP contribution in [0.4, 0.5) is 5.69 Å². The van der Waals surface area contributed by atoms with Gasteiger partial charge in [-0.15, -0.1) is 0 Å². The highest BCUT2D eigenvalue weighted by atomic mass is 32.2. The highest BCUT2D eigenvalue weighted by Gasteiger charge is 2.13. The molecule has 25 heavy (non-hydrogen) atoms. The molecule has 0 aliphatic rings. The molecule has 140 valence electrons. The van der Waals surface area contributed by atoms with Gasteiger partial charge in [0.2, 0.25) is 5.91 Å². The Kier molecular flexibility index (Phi) is 10.8. The van der Waals surface area contributed by atoms with E-state index in [4.69, 9.17) is 12.2 Å². The molecule has 0 radical (unpaired) electrons. The molecule has 0 saturated carbocycles. The molecule has 0 heterocycles. The quantitative estimate of drug-likeness (QED) is 0.550. The van der Waals surface area contributed by atoms with Crippen molar-refractivity contribution in [2.75, 3.05) is 24.2 Å². The lowest BCUT2D eigenvalue weighted by atomic mass is 10.1. The molecule has 3 nitrogen and oxygen atoms in total. The summed E-state index contributed by atoms with van der Waals surface area (Å²) in [7, 11) is 0. The number of rotatable bonds is 10. The maximum absolute atomic E-state index is 12.4. The van der Waals surface area contributed by atoms with Crippen LogP contribution in [0, 0.1) is 6.92 Å². The molecule has 1 amide bonds. The Labute approximate surface area is 162 Å². The molecule has 1 aromatic rings. The number of carbonyl (C=O) groups excluding carboxylic acids is 1. The van der Waals surface area contributed by atoms with E-state index in [-0.39, 0.29) is 5.91 Å². The zero-order valence-corrected chi connectivity index (χ0v) is 17.7. The topological polar surface area (TPSA) is 32.3 Å². The summed E-state index contributed by atoms with van der Waals surface area (Å²) in [6, 6.07) is 6.13. The number of benzene rings is 1. The van der Waals surface area contributed by atoms with Gasteiger partial charge in [0.05, 0.1) is 5.75 Å². The van der Waals surface area contributed by atoms with Crippen molar-refractivity contribution in [2.24, 2.45) is 0 Å². The molecular weight excluding hydrogens is 348 g/mol. The Hall–Kier alpha value is -1.07. The number of hydrogen-bond acceptors (Lipinski definition) is 3. The Morgan fingerprint density at radius 1 is 1.16 bits per heavy atom. The Morgan fingerprint density at radius 2 is 1.80 bits per heavy atom. The second-order valence-electron chi connectivity index (χ2n) is 6.26. The first-order valence-corrected chi connectivity index (χ1v) is 10.7. The van der Waals surface area contributed by atoms with Gasteiger partial charge in [0.15, 0.2) is 0 Å². The van der Waals surface area contributed by atoms with Gasteiger partial charge in [0.25, 0.3) is 0 Å². The van der Waals surface area contributed by atoms with Crippen molar-refractivity contribution in [2.45, 2.75) is 59.8 Å². The lowest BCUT2D eigenvalue weighted by Crippen LogP contribution is -2.30. The van der Waals surface area contributed by atoms with Crippen LogP contribution >= 0.6 is 24.0 Å². The van der Waals surface area contributed by atoms with Gasteiger partial charge in [0.1, 0.15) is 4.32 Å². The van der Waals surface area contributed by atoms with Crippen LogP contribution in [0.1, 0.15) is 57.6 Å². The molecule has 0 aromatic heterocycles. The molecule has 0 atom stereocenters. The highest BCUT2D eigenvalue weighted by molar-refractivity contribution is 8.23. The van der Waals surface area contributed by atoms with Crippen molar-refractivity contribution in [3.05, 3.63) is 29.3 Å². The standard InChI is InChI=1S/C20H32N2OS2/c1-5-8-13-22(14-9-6-2)20(24)25-15-18(23)21-19-16(4)11-10-12-17(19)7-3/h10-12H,5-9,13-15H2,1-4H3,(H,21,23). The van der Waals surface area contributed by atoms with E-state index in [1.807, 2.05) is 19.1 Å². The van der Waals surface area contributed by atoms with E-state index in [2.05, 4.69) is 37.1 Å². The van der Waals surface area contributed by atoms with Crippen LogP contribution in [0.25, 0.3) is 0 Å². The van der Waals surface area contributed by atoms with Gasteiger partial charge in [0, 0.05) is 18.8 Å². The van der Waals surface area contributed by atoms with Gasteiger partial charge < -0.3 is 10.2 Å². The molecule has 1 rings (SSSR count). The molecule has 0 unspecified atom stereocenters. The lowest BCUT2D eigenvalue weighted by molar-refractivity contribution is -0.113. The molecule has 1 aromatic carbocycles. The summed E-state index contributed by atoms with van der Waals surface area (Å²) < 4.78 is 0.845. The number of amides is 1. The number of thiocarbonyl (C=S) groups is 1. The van der Waals surface area contributed by atoms with Crippen LogP contribution in [0.2, 0.25) is 0 Å². The summed E-state index contributed by atoms with van der Waals surface area (Å²) in [4.78, 5) is 14.6. The Balaban J connectivity index is 2.58. The van der Waals surface area contributed by atoms with Gasteiger partial charge in [-0.3, -0.25) is 4.79 Å². The summed E-state index contributed by atoms with van der Waals surface area (Å²) in [5, 5.41) is 3.07. The zero-order valence-electron chi connectivity index (χ0n) is 16.1. The van der Waals surface area contributed by atoms with Gasteiger partial charge in [-0.2, -0.15) is 0 Å². The third-order valence-corrected chi connectivity index (χ3v) is 5.68. The third-order valence-electron chi connectivity index (χ3n) is 4.15. The smallest absolute Gasteiger partial charge is 0.234 e. The summed E-state index contributed by atoms with van der Waals surface area (Å²) in [6.07, 6.45) is 5.50. The molecule has 1 N–H and O–H groups in total. The lowest BCUT2D eigenvalue weighted by Gasteiger charge is -2.24. The van der Waals surface area contributed by atoms with Crippen LogP contribution in [-0.4, -0.2) is 34.0 Å². The van der Waals surface area contributed by atoms with E-state index in [0.717, 1.165) is 60.8 Å². The number of anilines is 1. The number of nitrogens with zero attached hydrogens (tertiary/aromatic N) is 1. The molecular formula is C20H32N2OS2. The predicted molar refractivity (Wildman–Crippen MR) is 116 cm³/mol. The fraction of sp³-hybridized carbons (Fsp3) is 0.600. The summed E-state index contributed by atoms with van der Waals surface area (Å²) in [6.45, 7) is 10.5. The number of nitrogens with one attached hydrogen (secondary N) is 1. The number of carbonyl (C=O) groups is 1. The molecule has 0 saturated heterocycles. The van der Waals surface area contributed by atoms with E-state index in [1.165, 1.54) is 17.3 Å². The third kappa shape index (κ3) is 7.78. The van der Waals surface area contributed by atoms with E-state index in [9.17, 15) is 4.79 Å². The number of unbranched alkanes of at least 4 members (excludes halogenated alkanes) is 2. The largest absolute Gasteiger partial charge is 0.358 e. The van der Waals surface area contributed by atoms with Gasteiger partial charge in [-0.25, -0.2) is 0 Å². The van der Waals surface area contributed by atoms with Crippen molar-refractivity contribution in [3.8, 4) is 0 Å². The molecule has 5 heteroatoms.